The van der Waals surface area contributed by atoms with E-state index < -0.39 is 5.97 Å². The summed E-state index contributed by atoms with van der Waals surface area (Å²) in [4.78, 5) is 38.2. The first-order chi connectivity index (χ1) is 12.4. The van der Waals surface area contributed by atoms with E-state index in [9.17, 15) is 19.5 Å². The minimum atomic E-state index is -1.04. The quantitative estimate of drug-likeness (QED) is 0.750. The van der Waals surface area contributed by atoms with E-state index in [1.165, 1.54) is 11.3 Å². The van der Waals surface area contributed by atoms with Crippen LogP contribution in [-0.2, 0) is 6.42 Å². The van der Waals surface area contributed by atoms with Crippen LogP contribution >= 0.6 is 11.3 Å². The summed E-state index contributed by atoms with van der Waals surface area (Å²) in [7, 11) is 0. The van der Waals surface area contributed by atoms with Crippen molar-refractivity contribution in [2.24, 2.45) is 0 Å². The lowest BCUT2D eigenvalue weighted by Crippen LogP contribution is -2.27. The van der Waals surface area contributed by atoms with Gasteiger partial charge in [0.1, 0.15) is 5.00 Å². The first-order valence-corrected chi connectivity index (χ1v) is 9.06. The van der Waals surface area contributed by atoms with Gasteiger partial charge in [-0.1, -0.05) is 6.92 Å². The van der Waals surface area contributed by atoms with Gasteiger partial charge in [0.05, 0.1) is 5.56 Å². The molecule has 136 valence electrons. The molecule has 7 nitrogen and oxygen atoms in total. The lowest BCUT2D eigenvalue weighted by atomic mass is 10.1. The monoisotopic (exact) mass is 373 g/mol. The first kappa shape index (κ1) is 17.9. The zero-order valence-corrected chi connectivity index (χ0v) is 15.3. The van der Waals surface area contributed by atoms with E-state index in [1.807, 2.05) is 13.8 Å². The third-order valence-electron chi connectivity index (χ3n) is 4.30. The molecule has 0 unspecified atom stereocenters. The summed E-state index contributed by atoms with van der Waals surface area (Å²) in [5.74, 6) is -1.43. The number of anilines is 2. The molecule has 1 aliphatic heterocycles. The first-order valence-electron chi connectivity index (χ1n) is 8.24. The predicted octanol–water partition coefficient (Wildman–Crippen LogP) is 3.10. The molecule has 3 amide bonds. The minimum Gasteiger partial charge on any atom is -0.478 e. The number of rotatable bonds is 5. The van der Waals surface area contributed by atoms with E-state index in [0.29, 0.717) is 35.8 Å². The van der Waals surface area contributed by atoms with Crippen molar-refractivity contribution >= 4 is 39.9 Å². The Hall–Kier alpha value is -2.87. The summed E-state index contributed by atoms with van der Waals surface area (Å²) < 4.78 is 0. The fourth-order valence-electron chi connectivity index (χ4n) is 3.00. The molecular weight excluding hydrogens is 354 g/mol. The number of hydrogen-bond donors (Lipinski definition) is 3. The van der Waals surface area contributed by atoms with E-state index >= 15 is 0 Å². The number of amides is 3. The van der Waals surface area contributed by atoms with Gasteiger partial charge in [-0.2, -0.15) is 0 Å². The van der Waals surface area contributed by atoms with Crippen LogP contribution in [0.4, 0.5) is 15.5 Å². The molecule has 1 aliphatic rings. The molecule has 0 saturated carbocycles. The van der Waals surface area contributed by atoms with Crippen LogP contribution in [0.25, 0.3) is 0 Å². The molecule has 8 heteroatoms. The number of carboxylic acid groups (broad SMARTS) is 1. The molecule has 3 N–H and O–H groups in total. The van der Waals surface area contributed by atoms with Gasteiger partial charge in [0.15, 0.2) is 0 Å². The maximum Gasteiger partial charge on any atom is 0.339 e. The van der Waals surface area contributed by atoms with Crippen LogP contribution in [0.5, 0.6) is 0 Å². The number of carboxylic acids is 1. The van der Waals surface area contributed by atoms with Gasteiger partial charge in [0, 0.05) is 29.2 Å². The smallest absolute Gasteiger partial charge is 0.339 e. The highest BCUT2D eigenvalue weighted by molar-refractivity contribution is 7.16. The average molecular weight is 373 g/mol. The summed E-state index contributed by atoms with van der Waals surface area (Å²) in [6.45, 7) is 4.92. The van der Waals surface area contributed by atoms with Crippen LogP contribution in [0.2, 0.25) is 0 Å². The van der Waals surface area contributed by atoms with E-state index in [2.05, 4.69) is 10.6 Å². The summed E-state index contributed by atoms with van der Waals surface area (Å²) in [5, 5.41) is 15.2. The summed E-state index contributed by atoms with van der Waals surface area (Å²) in [6, 6.07) is 6.49. The molecule has 3 rings (SSSR count). The minimum absolute atomic E-state index is 0.158. The maximum absolute atomic E-state index is 12.5. The molecule has 1 aromatic heterocycles. The average Bonchev–Trinajstić information content (AvgIpc) is 3.17. The number of carbonyl (C=O) groups is 3. The lowest BCUT2D eigenvalue weighted by Gasteiger charge is -2.14. The number of aromatic carboxylic acids is 1. The van der Waals surface area contributed by atoms with E-state index in [0.717, 1.165) is 10.4 Å². The van der Waals surface area contributed by atoms with Crippen LogP contribution in [-0.4, -0.2) is 36.1 Å². The Bertz CT molecular complexity index is 873. The van der Waals surface area contributed by atoms with Gasteiger partial charge in [0.25, 0.3) is 5.91 Å². The molecule has 2 aromatic rings. The van der Waals surface area contributed by atoms with Crippen LogP contribution < -0.4 is 15.5 Å². The van der Waals surface area contributed by atoms with Gasteiger partial charge in [-0.05, 0) is 43.2 Å². The zero-order chi connectivity index (χ0) is 18.8. The van der Waals surface area contributed by atoms with Gasteiger partial charge < -0.3 is 15.7 Å². The highest BCUT2D eigenvalue weighted by atomic mass is 32.1. The van der Waals surface area contributed by atoms with Gasteiger partial charge in [-0.3, -0.25) is 9.69 Å². The molecule has 1 saturated heterocycles. The standard InChI is InChI=1S/C18H19N3O4S/c1-3-13-10(2)26-16(14(13)17(23)24)20-15(22)11-4-6-12(7-5-11)21-9-8-19-18(21)25/h4-7H,3,8-9H2,1-2H3,(H,19,25)(H,20,22)(H,23,24). The van der Waals surface area contributed by atoms with Gasteiger partial charge >= 0.3 is 12.0 Å². The molecule has 0 radical (unpaired) electrons. The Morgan fingerprint density at radius 1 is 1.31 bits per heavy atom. The highest BCUT2D eigenvalue weighted by Crippen LogP contribution is 2.33. The maximum atomic E-state index is 12.5. The fraction of sp³-hybridized carbons (Fsp3) is 0.278. The SMILES string of the molecule is CCc1c(C)sc(NC(=O)c2ccc(N3CCNC3=O)cc2)c1C(=O)O. The number of aryl methyl sites for hydroxylation is 1. The molecule has 26 heavy (non-hydrogen) atoms. The van der Waals surface area contributed by atoms with Crippen molar-refractivity contribution in [3.63, 3.8) is 0 Å². The number of nitrogens with one attached hydrogen (secondary N) is 2. The van der Waals surface area contributed by atoms with Gasteiger partial charge in [0.2, 0.25) is 0 Å². The number of benzene rings is 1. The van der Waals surface area contributed by atoms with Crippen LogP contribution in [0.1, 0.15) is 38.1 Å². The van der Waals surface area contributed by atoms with Crippen molar-refractivity contribution in [3.05, 3.63) is 45.8 Å². The summed E-state index contributed by atoms with van der Waals surface area (Å²) >= 11 is 1.27. The third kappa shape index (κ3) is 3.28. The molecular formula is C18H19N3O4S. The molecule has 0 spiro atoms. The highest BCUT2D eigenvalue weighted by Gasteiger charge is 2.23. The van der Waals surface area contributed by atoms with Crippen molar-refractivity contribution in [2.75, 3.05) is 23.3 Å². The van der Waals surface area contributed by atoms with Crippen LogP contribution in [0.3, 0.4) is 0 Å². The van der Waals surface area contributed by atoms with E-state index in [1.54, 1.807) is 29.2 Å². The molecule has 0 atom stereocenters. The number of hydrogen-bond acceptors (Lipinski definition) is 4. The largest absolute Gasteiger partial charge is 0.478 e. The van der Waals surface area contributed by atoms with E-state index in [-0.39, 0.29) is 17.5 Å². The molecule has 1 fully saturated rings. The van der Waals surface area contributed by atoms with Crippen molar-refractivity contribution in [3.8, 4) is 0 Å². The fourth-order valence-corrected chi connectivity index (χ4v) is 4.14. The Kier molecular flexibility index (Phi) is 4.94. The van der Waals surface area contributed by atoms with Crippen molar-refractivity contribution in [1.82, 2.24) is 5.32 Å². The topological polar surface area (TPSA) is 98.7 Å². The van der Waals surface area contributed by atoms with E-state index in [4.69, 9.17) is 0 Å². The van der Waals surface area contributed by atoms with Gasteiger partial charge in [-0.15, -0.1) is 11.3 Å². The summed E-state index contributed by atoms with van der Waals surface area (Å²) in [6.07, 6.45) is 0.590. The second kappa shape index (κ2) is 7.17. The lowest BCUT2D eigenvalue weighted by molar-refractivity contribution is 0.0697. The molecule has 0 bridgehead atoms. The molecule has 2 heterocycles. The molecule has 1 aromatic carbocycles. The van der Waals surface area contributed by atoms with Crippen molar-refractivity contribution < 1.29 is 19.5 Å². The number of urea groups is 1. The van der Waals surface area contributed by atoms with Crippen LogP contribution in [0.15, 0.2) is 24.3 Å². The number of nitrogens with zero attached hydrogens (tertiary/aromatic N) is 1. The Morgan fingerprint density at radius 3 is 2.54 bits per heavy atom. The third-order valence-corrected chi connectivity index (χ3v) is 5.36. The predicted molar refractivity (Wildman–Crippen MR) is 101 cm³/mol. The Labute approximate surface area is 154 Å². The number of carbonyl (C=O) groups excluding carboxylic acids is 2. The van der Waals surface area contributed by atoms with Crippen molar-refractivity contribution in [2.45, 2.75) is 20.3 Å². The van der Waals surface area contributed by atoms with Crippen molar-refractivity contribution in [1.29, 1.82) is 0 Å². The summed E-state index contributed by atoms with van der Waals surface area (Å²) in [5.41, 5.74) is 2.01. The van der Waals surface area contributed by atoms with Crippen LogP contribution in [0, 0.1) is 6.92 Å². The second-order valence-corrected chi connectivity index (χ2v) is 7.11. The normalized spacial score (nSPS) is 13.6. The van der Waals surface area contributed by atoms with Gasteiger partial charge in [-0.25, -0.2) is 9.59 Å². The Balaban J connectivity index is 1.80. The second-order valence-electron chi connectivity index (χ2n) is 5.88. The Morgan fingerprint density at radius 2 is 2.00 bits per heavy atom. The number of thiophene rings is 1. The zero-order valence-electron chi connectivity index (χ0n) is 14.5. The molecule has 0 aliphatic carbocycles.